The Morgan fingerprint density at radius 1 is 1.21 bits per heavy atom. The first kappa shape index (κ1) is 16.3. The number of carbonyl (C=O) groups excluding carboxylic acids is 1. The van der Waals surface area contributed by atoms with Gasteiger partial charge in [0.25, 0.3) is 5.91 Å². The zero-order valence-electron chi connectivity index (χ0n) is 12.1. The van der Waals surface area contributed by atoms with Crippen molar-refractivity contribution < 1.29 is 22.5 Å². The Morgan fingerprint density at radius 2 is 2.00 bits per heavy atom. The fourth-order valence-corrected chi connectivity index (χ4v) is 2.80. The molecule has 0 spiro atoms. The van der Waals surface area contributed by atoms with Crippen LogP contribution in [0.5, 0.6) is 0 Å². The number of hydrogen-bond acceptors (Lipinski definition) is 4. The minimum atomic E-state index is -4.59. The predicted octanol–water partition coefficient (Wildman–Crippen LogP) is 4.35. The largest absolute Gasteiger partial charge is 0.417 e. The van der Waals surface area contributed by atoms with E-state index in [1.807, 2.05) is 17.5 Å². The molecule has 3 rings (SSSR count). The molecule has 0 aliphatic heterocycles. The van der Waals surface area contributed by atoms with Crippen LogP contribution in [0, 0.1) is 0 Å². The Balaban J connectivity index is 1.71. The van der Waals surface area contributed by atoms with Gasteiger partial charge in [-0.15, -0.1) is 11.3 Å². The fourth-order valence-electron chi connectivity index (χ4n) is 2.12. The molecule has 0 saturated heterocycles. The van der Waals surface area contributed by atoms with Gasteiger partial charge in [-0.1, -0.05) is 23.4 Å². The second kappa shape index (κ2) is 6.48. The summed E-state index contributed by atoms with van der Waals surface area (Å²) in [5, 5.41) is 8.11. The molecule has 8 heteroatoms. The highest BCUT2D eigenvalue weighted by Gasteiger charge is 2.34. The maximum Gasteiger partial charge on any atom is 0.417 e. The zero-order valence-corrected chi connectivity index (χ0v) is 12.9. The van der Waals surface area contributed by atoms with Crippen molar-refractivity contribution in [3.63, 3.8) is 0 Å². The molecule has 0 fully saturated rings. The van der Waals surface area contributed by atoms with Crippen molar-refractivity contribution in [2.45, 2.75) is 12.7 Å². The van der Waals surface area contributed by atoms with Crippen molar-refractivity contribution in [3.8, 4) is 10.6 Å². The maximum absolute atomic E-state index is 12.9. The number of rotatable bonds is 4. The molecule has 24 heavy (non-hydrogen) atoms. The van der Waals surface area contributed by atoms with Gasteiger partial charge in [0, 0.05) is 6.07 Å². The maximum atomic E-state index is 12.9. The zero-order chi connectivity index (χ0) is 17.2. The van der Waals surface area contributed by atoms with Crippen molar-refractivity contribution in [3.05, 3.63) is 64.7 Å². The van der Waals surface area contributed by atoms with Crippen LogP contribution in [0.25, 0.3) is 10.6 Å². The summed E-state index contributed by atoms with van der Waals surface area (Å²) in [5.41, 5.74) is -0.967. The van der Waals surface area contributed by atoms with Crippen LogP contribution in [0.15, 0.2) is 52.4 Å². The predicted molar refractivity (Wildman–Crippen MR) is 82.4 cm³/mol. The van der Waals surface area contributed by atoms with Gasteiger partial charge >= 0.3 is 6.18 Å². The average molecular weight is 352 g/mol. The van der Waals surface area contributed by atoms with E-state index < -0.39 is 23.2 Å². The molecule has 0 bridgehead atoms. The summed E-state index contributed by atoms with van der Waals surface area (Å²) in [4.78, 5) is 12.9. The van der Waals surface area contributed by atoms with E-state index >= 15 is 0 Å². The number of carbonyl (C=O) groups is 1. The quantitative estimate of drug-likeness (QED) is 0.759. The average Bonchev–Trinajstić information content (AvgIpc) is 3.23. The smallest absolute Gasteiger partial charge is 0.355 e. The van der Waals surface area contributed by atoms with Crippen LogP contribution >= 0.6 is 11.3 Å². The number of aromatic nitrogens is 1. The van der Waals surface area contributed by atoms with Crippen molar-refractivity contribution in [2.75, 3.05) is 0 Å². The number of halogens is 3. The minimum absolute atomic E-state index is 0.0279. The number of alkyl halides is 3. The van der Waals surface area contributed by atoms with E-state index in [4.69, 9.17) is 4.52 Å². The molecular formula is C16H11F3N2O2S. The highest BCUT2D eigenvalue weighted by Crippen LogP contribution is 2.31. The molecule has 1 N–H and O–H groups in total. The van der Waals surface area contributed by atoms with Gasteiger partial charge in [-0.05, 0) is 23.6 Å². The Morgan fingerprint density at radius 3 is 2.71 bits per heavy atom. The van der Waals surface area contributed by atoms with E-state index in [2.05, 4.69) is 10.5 Å². The van der Waals surface area contributed by atoms with Gasteiger partial charge in [-0.25, -0.2) is 0 Å². The summed E-state index contributed by atoms with van der Waals surface area (Å²) in [6, 6.07) is 9.99. The number of thiophene rings is 1. The lowest BCUT2D eigenvalue weighted by Crippen LogP contribution is -2.26. The normalized spacial score (nSPS) is 11.5. The van der Waals surface area contributed by atoms with Crippen LogP contribution in [0.3, 0.4) is 0 Å². The molecule has 1 amide bonds. The Bertz CT molecular complexity index is 841. The number of hydrogen-bond donors (Lipinski definition) is 1. The standard InChI is InChI=1S/C16H11F3N2O2S/c17-16(18,19)12-5-2-1-4-11(12)15(22)20-9-10-8-13(23-21-10)14-6-3-7-24-14/h1-8H,9H2,(H,20,22). The van der Waals surface area contributed by atoms with Crippen LogP contribution in [-0.2, 0) is 12.7 Å². The second-order valence-electron chi connectivity index (χ2n) is 4.89. The SMILES string of the molecule is O=C(NCc1cc(-c2cccs2)on1)c1ccccc1C(F)(F)F. The molecular weight excluding hydrogens is 341 g/mol. The lowest BCUT2D eigenvalue weighted by atomic mass is 10.1. The highest BCUT2D eigenvalue weighted by molar-refractivity contribution is 7.13. The molecule has 0 atom stereocenters. The summed E-state index contributed by atoms with van der Waals surface area (Å²) in [6.07, 6.45) is -4.59. The van der Waals surface area contributed by atoms with Crippen molar-refractivity contribution in [1.82, 2.24) is 10.5 Å². The molecule has 0 radical (unpaired) electrons. The molecule has 0 saturated carbocycles. The van der Waals surface area contributed by atoms with Crippen LogP contribution < -0.4 is 5.32 Å². The third kappa shape index (κ3) is 3.48. The molecule has 3 aromatic rings. The van der Waals surface area contributed by atoms with Crippen LogP contribution in [0.4, 0.5) is 13.2 Å². The highest BCUT2D eigenvalue weighted by atomic mass is 32.1. The molecule has 124 valence electrons. The van der Waals surface area contributed by atoms with Crippen molar-refractivity contribution in [2.24, 2.45) is 0 Å². The molecule has 4 nitrogen and oxygen atoms in total. The summed E-state index contributed by atoms with van der Waals surface area (Å²) in [7, 11) is 0. The Kier molecular flexibility index (Phi) is 4.39. The summed E-state index contributed by atoms with van der Waals surface area (Å²) < 4.78 is 43.9. The van der Waals surface area contributed by atoms with E-state index in [1.54, 1.807) is 6.07 Å². The van der Waals surface area contributed by atoms with Gasteiger partial charge in [0.15, 0.2) is 5.76 Å². The fraction of sp³-hybridized carbons (Fsp3) is 0.125. The summed E-state index contributed by atoms with van der Waals surface area (Å²) in [6.45, 7) is -0.0279. The third-order valence-electron chi connectivity index (χ3n) is 3.23. The first-order valence-electron chi connectivity index (χ1n) is 6.89. The lowest BCUT2D eigenvalue weighted by molar-refractivity contribution is -0.137. The Hall–Kier alpha value is -2.61. The van der Waals surface area contributed by atoms with Crippen LogP contribution in [-0.4, -0.2) is 11.1 Å². The number of nitrogens with one attached hydrogen (secondary N) is 1. The van der Waals surface area contributed by atoms with Gasteiger partial charge in [0.1, 0.15) is 5.69 Å². The number of nitrogens with zero attached hydrogens (tertiary/aromatic N) is 1. The number of benzene rings is 1. The first-order valence-corrected chi connectivity index (χ1v) is 7.77. The van der Waals surface area contributed by atoms with E-state index in [1.165, 1.54) is 23.5 Å². The van der Waals surface area contributed by atoms with E-state index in [0.29, 0.717) is 11.5 Å². The molecule has 1 aromatic carbocycles. The van der Waals surface area contributed by atoms with Crippen LogP contribution in [0.1, 0.15) is 21.6 Å². The van der Waals surface area contributed by atoms with Gasteiger partial charge < -0.3 is 9.84 Å². The van der Waals surface area contributed by atoms with Crippen molar-refractivity contribution >= 4 is 17.2 Å². The van der Waals surface area contributed by atoms with Gasteiger partial charge in [0.05, 0.1) is 22.5 Å². The van der Waals surface area contributed by atoms with Gasteiger partial charge in [0.2, 0.25) is 0 Å². The number of amides is 1. The Labute approximate surface area is 138 Å². The van der Waals surface area contributed by atoms with E-state index in [0.717, 1.165) is 17.0 Å². The topological polar surface area (TPSA) is 55.1 Å². The molecule has 0 unspecified atom stereocenters. The molecule has 0 aliphatic carbocycles. The van der Waals surface area contributed by atoms with E-state index in [9.17, 15) is 18.0 Å². The third-order valence-corrected chi connectivity index (χ3v) is 4.11. The summed E-state index contributed by atoms with van der Waals surface area (Å²) in [5.74, 6) is -0.270. The first-order chi connectivity index (χ1) is 11.4. The van der Waals surface area contributed by atoms with Gasteiger partial charge in [-0.2, -0.15) is 13.2 Å². The van der Waals surface area contributed by atoms with E-state index in [-0.39, 0.29) is 6.54 Å². The van der Waals surface area contributed by atoms with Crippen molar-refractivity contribution in [1.29, 1.82) is 0 Å². The minimum Gasteiger partial charge on any atom is -0.355 e. The monoisotopic (exact) mass is 352 g/mol. The lowest BCUT2D eigenvalue weighted by Gasteiger charge is -2.12. The van der Waals surface area contributed by atoms with Gasteiger partial charge in [-0.3, -0.25) is 4.79 Å². The molecule has 0 aliphatic rings. The summed E-state index contributed by atoms with van der Waals surface area (Å²) >= 11 is 1.47. The second-order valence-corrected chi connectivity index (χ2v) is 5.83. The molecule has 2 aromatic heterocycles. The molecule has 2 heterocycles. The van der Waals surface area contributed by atoms with Crippen LogP contribution in [0.2, 0.25) is 0 Å².